The Bertz CT molecular complexity index is 703. The molecule has 2 rings (SSSR count). The van der Waals surface area contributed by atoms with E-state index in [4.69, 9.17) is 5.26 Å². The van der Waals surface area contributed by atoms with Crippen LogP contribution in [0.15, 0.2) is 30.6 Å². The summed E-state index contributed by atoms with van der Waals surface area (Å²) in [4.78, 5) is 11.8. The SMILES string of the molecule is N#Cc1nncn1CC(=O)Nc1ccc(OC(F)(F)F)cc1. The van der Waals surface area contributed by atoms with Crippen LogP contribution in [0.25, 0.3) is 0 Å². The topological polar surface area (TPSA) is 92.8 Å². The van der Waals surface area contributed by atoms with Crippen molar-refractivity contribution in [2.75, 3.05) is 5.32 Å². The first-order valence-electron chi connectivity index (χ1n) is 5.81. The lowest BCUT2D eigenvalue weighted by Gasteiger charge is -2.10. The van der Waals surface area contributed by atoms with E-state index in [0.29, 0.717) is 0 Å². The fraction of sp³-hybridized carbons (Fsp3) is 0.167. The number of anilines is 1. The Labute approximate surface area is 121 Å². The van der Waals surface area contributed by atoms with Crippen LogP contribution < -0.4 is 10.1 Å². The Balaban J connectivity index is 1.96. The number of rotatable bonds is 4. The highest BCUT2D eigenvalue weighted by Crippen LogP contribution is 2.23. The molecule has 0 saturated carbocycles. The van der Waals surface area contributed by atoms with Crippen LogP contribution in [0.5, 0.6) is 5.75 Å². The lowest BCUT2D eigenvalue weighted by molar-refractivity contribution is -0.274. The highest BCUT2D eigenvalue weighted by atomic mass is 19.4. The second kappa shape index (κ2) is 6.13. The largest absolute Gasteiger partial charge is 0.573 e. The van der Waals surface area contributed by atoms with Crippen LogP contribution in [0, 0.1) is 11.3 Å². The summed E-state index contributed by atoms with van der Waals surface area (Å²) < 4.78 is 40.9. The van der Waals surface area contributed by atoms with Gasteiger partial charge in [0.25, 0.3) is 0 Å². The number of alkyl halides is 3. The number of nitriles is 1. The van der Waals surface area contributed by atoms with E-state index in [-0.39, 0.29) is 18.1 Å². The molecule has 114 valence electrons. The Morgan fingerprint density at radius 1 is 1.36 bits per heavy atom. The maximum atomic E-state index is 12.0. The molecule has 0 saturated heterocycles. The third kappa shape index (κ3) is 4.20. The molecule has 0 radical (unpaired) electrons. The molecule has 1 N–H and O–H groups in total. The first-order valence-corrected chi connectivity index (χ1v) is 5.81. The van der Waals surface area contributed by atoms with Crippen LogP contribution in [0.4, 0.5) is 18.9 Å². The Kier molecular flexibility index (Phi) is 4.26. The van der Waals surface area contributed by atoms with Gasteiger partial charge in [0.2, 0.25) is 11.7 Å². The molecule has 0 bridgehead atoms. The molecule has 0 spiro atoms. The molecular weight excluding hydrogens is 303 g/mol. The van der Waals surface area contributed by atoms with Crippen molar-refractivity contribution in [3.8, 4) is 11.8 Å². The number of benzene rings is 1. The second-order valence-corrected chi connectivity index (χ2v) is 4.01. The summed E-state index contributed by atoms with van der Waals surface area (Å²) in [6, 6.07) is 6.42. The van der Waals surface area contributed by atoms with Crippen molar-refractivity contribution in [3.05, 3.63) is 36.4 Å². The summed E-state index contributed by atoms with van der Waals surface area (Å²) in [5.74, 6) is -0.902. The van der Waals surface area contributed by atoms with Crippen LogP contribution in [-0.4, -0.2) is 27.0 Å². The van der Waals surface area contributed by atoms with Crippen molar-refractivity contribution >= 4 is 11.6 Å². The van der Waals surface area contributed by atoms with Crippen molar-refractivity contribution in [2.45, 2.75) is 12.9 Å². The predicted octanol–water partition coefficient (Wildman–Crippen LogP) is 1.69. The minimum Gasteiger partial charge on any atom is -0.406 e. The van der Waals surface area contributed by atoms with E-state index in [2.05, 4.69) is 20.3 Å². The zero-order valence-corrected chi connectivity index (χ0v) is 10.8. The zero-order valence-electron chi connectivity index (χ0n) is 10.8. The van der Waals surface area contributed by atoms with Crippen LogP contribution in [0.1, 0.15) is 5.82 Å². The van der Waals surface area contributed by atoms with Gasteiger partial charge in [-0.3, -0.25) is 9.36 Å². The number of carbonyl (C=O) groups is 1. The van der Waals surface area contributed by atoms with Gasteiger partial charge in [0.15, 0.2) is 0 Å². The molecule has 22 heavy (non-hydrogen) atoms. The van der Waals surface area contributed by atoms with Gasteiger partial charge in [-0.15, -0.1) is 23.4 Å². The molecule has 0 unspecified atom stereocenters. The van der Waals surface area contributed by atoms with Gasteiger partial charge in [-0.1, -0.05) is 0 Å². The maximum Gasteiger partial charge on any atom is 0.573 e. The number of halogens is 3. The standard InChI is InChI=1S/C12H8F3N5O2/c13-12(14,15)22-9-3-1-8(2-4-9)18-11(21)6-20-7-17-19-10(20)5-16/h1-4,7H,6H2,(H,18,21). The van der Waals surface area contributed by atoms with Gasteiger partial charge in [-0.2, -0.15) is 5.26 Å². The van der Waals surface area contributed by atoms with E-state index < -0.39 is 18.0 Å². The molecule has 1 aromatic carbocycles. The van der Waals surface area contributed by atoms with Gasteiger partial charge in [-0.25, -0.2) is 0 Å². The fourth-order valence-electron chi connectivity index (χ4n) is 1.55. The molecule has 0 aliphatic carbocycles. The number of ether oxygens (including phenoxy) is 1. The summed E-state index contributed by atoms with van der Waals surface area (Å²) in [5.41, 5.74) is 0.283. The summed E-state index contributed by atoms with van der Waals surface area (Å²) in [5, 5.41) is 18.2. The Hall–Kier alpha value is -3.09. The molecule has 2 aromatic rings. The first-order chi connectivity index (χ1) is 10.4. The van der Waals surface area contributed by atoms with E-state index in [0.717, 1.165) is 12.1 Å². The van der Waals surface area contributed by atoms with E-state index in [9.17, 15) is 18.0 Å². The van der Waals surface area contributed by atoms with Crippen molar-refractivity contribution in [3.63, 3.8) is 0 Å². The lowest BCUT2D eigenvalue weighted by atomic mass is 10.3. The Morgan fingerprint density at radius 2 is 2.05 bits per heavy atom. The minimum absolute atomic E-state index is 0.0240. The molecular formula is C12H8F3N5O2. The number of nitrogens with zero attached hydrogens (tertiary/aromatic N) is 4. The van der Waals surface area contributed by atoms with Gasteiger partial charge in [0, 0.05) is 5.69 Å². The van der Waals surface area contributed by atoms with Crippen LogP contribution in [0.2, 0.25) is 0 Å². The van der Waals surface area contributed by atoms with E-state index in [1.807, 2.05) is 0 Å². The highest BCUT2D eigenvalue weighted by molar-refractivity contribution is 5.90. The third-order valence-electron chi connectivity index (χ3n) is 2.40. The van der Waals surface area contributed by atoms with Gasteiger partial charge in [0.05, 0.1) is 0 Å². The highest BCUT2D eigenvalue weighted by Gasteiger charge is 2.30. The number of carbonyl (C=O) groups excluding carboxylic acids is 1. The number of nitrogens with one attached hydrogen (secondary N) is 1. The summed E-state index contributed by atoms with van der Waals surface area (Å²) in [6.07, 6.45) is -3.55. The van der Waals surface area contributed by atoms with Crippen LogP contribution >= 0.6 is 0 Å². The molecule has 10 heteroatoms. The average Bonchev–Trinajstić information content (AvgIpc) is 2.86. The molecule has 1 heterocycles. The molecule has 7 nitrogen and oxygen atoms in total. The smallest absolute Gasteiger partial charge is 0.406 e. The van der Waals surface area contributed by atoms with Crippen molar-refractivity contribution in [1.29, 1.82) is 5.26 Å². The molecule has 1 aromatic heterocycles. The number of hydrogen-bond donors (Lipinski definition) is 1. The van der Waals surface area contributed by atoms with Crippen molar-refractivity contribution in [1.82, 2.24) is 14.8 Å². The molecule has 0 aliphatic rings. The van der Waals surface area contributed by atoms with Crippen molar-refractivity contribution in [2.24, 2.45) is 0 Å². The molecule has 0 fully saturated rings. The third-order valence-corrected chi connectivity index (χ3v) is 2.40. The average molecular weight is 311 g/mol. The predicted molar refractivity (Wildman–Crippen MR) is 66.5 cm³/mol. The first kappa shape index (κ1) is 15.3. The number of hydrogen-bond acceptors (Lipinski definition) is 5. The Morgan fingerprint density at radius 3 is 2.64 bits per heavy atom. The number of aromatic nitrogens is 3. The number of amides is 1. The monoisotopic (exact) mass is 311 g/mol. The molecule has 0 atom stereocenters. The van der Waals surface area contributed by atoms with Gasteiger partial charge < -0.3 is 10.1 Å². The second-order valence-electron chi connectivity index (χ2n) is 4.01. The molecule has 1 amide bonds. The maximum absolute atomic E-state index is 12.0. The van der Waals surface area contributed by atoms with Gasteiger partial charge in [0.1, 0.15) is 24.7 Å². The minimum atomic E-state index is -4.77. The normalized spacial score (nSPS) is 10.8. The van der Waals surface area contributed by atoms with Gasteiger partial charge in [-0.05, 0) is 24.3 Å². The van der Waals surface area contributed by atoms with Crippen molar-refractivity contribution < 1.29 is 22.7 Å². The summed E-state index contributed by atoms with van der Waals surface area (Å²) in [7, 11) is 0. The van der Waals surface area contributed by atoms with E-state index in [1.54, 1.807) is 6.07 Å². The fourth-order valence-corrected chi connectivity index (χ4v) is 1.55. The van der Waals surface area contributed by atoms with Crippen LogP contribution in [0.3, 0.4) is 0 Å². The molecule has 0 aliphatic heterocycles. The van der Waals surface area contributed by atoms with E-state index >= 15 is 0 Å². The van der Waals surface area contributed by atoms with Crippen LogP contribution in [-0.2, 0) is 11.3 Å². The summed E-state index contributed by atoms with van der Waals surface area (Å²) >= 11 is 0. The lowest BCUT2D eigenvalue weighted by Crippen LogP contribution is -2.19. The van der Waals surface area contributed by atoms with E-state index in [1.165, 1.54) is 23.0 Å². The summed E-state index contributed by atoms with van der Waals surface area (Å²) in [6.45, 7) is -0.198. The van der Waals surface area contributed by atoms with Gasteiger partial charge >= 0.3 is 6.36 Å². The quantitative estimate of drug-likeness (QED) is 0.927. The zero-order chi connectivity index (χ0) is 16.2.